The van der Waals surface area contributed by atoms with Crippen LogP contribution in [0.4, 0.5) is 51.3 Å². The molecule has 5 heterocycles. The summed E-state index contributed by atoms with van der Waals surface area (Å²) in [5.41, 5.74) is 20.2. The maximum absolute atomic E-state index is 2.54. The molecule has 0 amide bonds. The number of anilines is 9. The number of rotatable bonds is 6. The van der Waals surface area contributed by atoms with Crippen LogP contribution in [0.2, 0.25) is 0 Å². The Morgan fingerprint density at radius 3 is 1.47 bits per heavy atom. The quantitative estimate of drug-likeness (QED) is 0.155. The predicted molar refractivity (Wildman–Crippen MR) is 298 cm³/mol. The van der Waals surface area contributed by atoms with Gasteiger partial charge in [-0.15, -0.1) is 0 Å². The molecular weight excluding hydrogens is 850 g/mol. The summed E-state index contributed by atoms with van der Waals surface area (Å²) in [6.07, 6.45) is 2.23. The van der Waals surface area contributed by atoms with Crippen molar-refractivity contribution in [1.29, 1.82) is 0 Å². The lowest BCUT2D eigenvalue weighted by Gasteiger charge is -2.44. The van der Waals surface area contributed by atoms with E-state index in [1.165, 1.54) is 49.3 Å². The van der Waals surface area contributed by atoms with Gasteiger partial charge in [0.25, 0.3) is 6.71 Å². The minimum Gasteiger partial charge on any atom is -0.311 e. The topological polar surface area (TPSA) is 19.1 Å². The molecule has 0 fully saturated rings. The number of benzene rings is 8. The molecule has 338 valence electrons. The Kier molecular flexibility index (Phi) is 9.38. The van der Waals surface area contributed by atoms with Gasteiger partial charge in [-0.3, -0.25) is 4.90 Å². The molecule has 2 aliphatic rings. The number of aromatic nitrogens is 2. The Balaban J connectivity index is 1.13. The summed E-state index contributed by atoms with van der Waals surface area (Å²) in [6.45, 7) is 13.6. The summed E-state index contributed by atoms with van der Waals surface area (Å²) in [5.74, 6) is 1.16. The van der Waals surface area contributed by atoms with E-state index in [9.17, 15) is 0 Å². The smallest absolute Gasteiger partial charge is 0.254 e. The highest BCUT2D eigenvalue weighted by molar-refractivity contribution is 7.00. The third-order valence-electron chi connectivity index (χ3n) is 14.8. The summed E-state index contributed by atoms with van der Waals surface area (Å²) in [5, 5.41) is 2.48. The van der Waals surface area contributed by atoms with Crippen LogP contribution in [0.5, 0.6) is 0 Å². The van der Waals surface area contributed by atoms with E-state index in [-0.39, 0.29) is 17.5 Å². The van der Waals surface area contributed by atoms with Crippen molar-refractivity contribution in [3.63, 3.8) is 0 Å². The predicted octanol–water partition coefficient (Wildman–Crippen LogP) is 15.2. The van der Waals surface area contributed by atoms with Crippen molar-refractivity contribution in [3.05, 3.63) is 230 Å². The number of pyridine rings is 1. The number of para-hydroxylation sites is 4. The van der Waals surface area contributed by atoms with E-state index in [0.29, 0.717) is 0 Å². The zero-order chi connectivity index (χ0) is 47.5. The lowest BCUT2D eigenvalue weighted by Crippen LogP contribution is -2.61. The van der Waals surface area contributed by atoms with Crippen LogP contribution in [-0.2, 0) is 10.8 Å². The molecule has 0 saturated carbocycles. The van der Waals surface area contributed by atoms with Crippen molar-refractivity contribution >= 4 is 102 Å². The molecular formula is C64H54BN5. The summed E-state index contributed by atoms with van der Waals surface area (Å²) in [6, 6.07) is 79.1. The van der Waals surface area contributed by atoms with Crippen LogP contribution in [0.1, 0.15) is 52.7 Å². The summed E-state index contributed by atoms with van der Waals surface area (Å²) < 4.78 is 4.87. The number of hydrogen-bond acceptors (Lipinski definition) is 3. The second kappa shape index (κ2) is 15.7. The third kappa shape index (κ3) is 6.54. The van der Waals surface area contributed by atoms with Crippen LogP contribution in [0.25, 0.3) is 33.0 Å². The van der Waals surface area contributed by atoms with Crippen molar-refractivity contribution in [2.24, 2.45) is 0 Å². The number of nitrogens with zero attached hydrogens (tertiary/aromatic N) is 5. The van der Waals surface area contributed by atoms with Gasteiger partial charge in [0.15, 0.2) is 0 Å². The van der Waals surface area contributed by atoms with Gasteiger partial charge < -0.3 is 18.8 Å². The van der Waals surface area contributed by atoms with E-state index in [1.807, 2.05) is 0 Å². The maximum atomic E-state index is 2.54. The van der Waals surface area contributed by atoms with E-state index in [1.54, 1.807) is 0 Å². The molecule has 2 aliphatic heterocycles. The number of hydrogen-bond donors (Lipinski definition) is 0. The number of fused-ring (bicyclic) bond motifs is 9. The van der Waals surface area contributed by atoms with E-state index >= 15 is 0 Å². The van der Waals surface area contributed by atoms with Gasteiger partial charge in [0.2, 0.25) is 0 Å². The largest absolute Gasteiger partial charge is 0.311 e. The fraction of sp³-hybridized carbons (Fsp3) is 0.125. The molecule has 0 atom stereocenters. The zero-order valence-electron chi connectivity index (χ0n) is 40.6. The first-order valence-corrected chi connectivity index (χ1v) is 24.6. The first-order chi connectivity index (χ1) is 34.0. The molecule has 0 saturated heterocycles. The van der Waals surface area contributed by atoms with E-state index < -0.39 is 0 Å². The Hall–Kier alpha value is -8.22. The summed E-state index contributed by atoms with van der Waals surface area (Å²) >= 11 is 0. The molecule has 0 bridgehead atoms. The van der Waals surface area contributed by atoms with Crippen molar-refractivity contribution in [2.75, 3.05) is 14.7 Å². The lowest BCUT2D eigenvalue weighted by atomic mass is 9.34. The standard InChI is InChI=1S/C64H54BN5/c1-63(2,3)43-28-32-47(33-29-43)67(48-34-30-44(31-35-48)64(4,5)6)50-36-37-54-58(40-50)68(45-19-9-7-10-20-45)59-41-51(69-56-26-15-13-24-52(56)53-25-14-16-27-57(53)69)42-60-61(59)65(54)55-39-49-23-17-18-38-66(49)62(55)70(60)46-21-11-8-12-22-46/h7-42H,1-6H3. The van der Waals surface area contributed by atoms with Crippen LogP contribution >= 0.6 is 0 Å². The Bertz CT molecular complexity index is 3690. The third-order valence-corrected chi connectivity index (χ3v) is 14.8. The molecule has 5 nitrogen and oxygen atoms in total. The molecule has 0 aliphatic carbocycles. The van der Waals surface area contributed by atoms with Crippen LogP contribution < -0.4 is 31.1 Å². The van der Waals surface area contributed by atoms with Crippen molar-refractivity contribution in [1.82, 2.24) is 8.97 Å². The first-order valence-electron chi connectivity index (χ1n) is 24.6. The van der Waals surface area contributed by atoms with Gasteiger partial charge in [-0.05, 0) is 141 Å². The van der Waals surface area contributed by atoms with Crippen LogP contribution in [0, 0.1) is 0 Å². The molecule has 0 spiro atoms. The van der Waals surface area contributed by atoms with Gasteiger partial charge in [-0.2, -0.15) is 0 Å². The highest BCUT2D eigenvalue weighted by Crippen LogP contribution is 2.48. The molecule has 8 aromatic carbocycles. The molecule has 11 aromatic rings. The average Bonchev–Trinajstić information content (AvgIpc) is 3.93. The second-order valence-corrected chi connectivity index (χ2v) is 21.1. The van der Waals surface area contributed by atoms with Crippen molar-refractivity contribution in [3.8, 4) is 5.69 Å². The van der Waals surface area contributed by atoms with Crippen molar-refractivity contribution < 1.29 is 0 Å². The molecule has 0 unspecified atom stereocenters. The highest BCUT2D eigenvalue weighted by Gasteiger charge is 2.45. The minimum atomic E-state index is -0.0679. The SMILES string of the molecule is CC(C)(C)c1ccc(N(c2ccc(C(C)(C)C)cc2)c2ccc3c(c2)N(c2ccccc2)c2cc(-n4c5ccccc5c5ccccc54)cc4c2B3c2cc3ccccn3c2N4c2ccccc2)cc1. The van der Waals surface area contributed by atoms with Crippen molar-refractivity contribution in [2.45, 2.75) is 52.4 Å². The fourth-order valence-electron chi connectivity index (χ4n) is 11.4. The highest BCUT2D eigenvalue weighted by atomic mass is 15.3. The maximum Gasteiger partial charge on any atom is 0.254 e. The van der Waals surface area contributed by atoms with Gasteiger partial charge in [-0.1, -0.05) is 151 Å². The zero-order valence-corrected chi connectivity index (χ0v) is 40.6. The first kappa shape index (κ1) is 41.9. The van der Waals surface area contributed by atoms with Gasteiger partial charge in [0.1, 0.15) is 5.82 Å². The molecule has 0 radical (unpaired) electrons. The monoisotopic (exact) mass is 903 g/mol. The molecule has 13 rings (SSSR count). The average molecular weight is 904 g/mol. The van der Waals surface area contributed by atoms with Gasteiger partial charge in [0.05, 0.1) is 16.7 Å². The van der Waals surface area contributed by atoms with Gasteiger partial charge >= 0.3 is 0 Å². The van der Waals surface area contributed by atoms with E-state index in [0.717, 1.165) is 62.5 Å². The Morgan fingerprint density at radius 2 is 0.900 bits per heavy atom. The Morgan fingerprint density at radius 1 is 0.400 bits per heavy atom. The molecule has 70 heavy (non-hydrogen) atoms. The molecule has 0 N–H and O–H groups in total. The summed E-state index contributed by atoms with van der Waals surface area (Å²) in [7, 11) is 0. The van der Waals surface area contributed by atoms with E-state index in [4.69, 9.17) is 0 Å². The van der Waals surface area contributed by atoms with Crippen LogP contribution in [-0.4, -0.2) is 15.7 Å². The summed E-state index contributed by atoms with van der Waals surface area (Å²) in [4.78, 5) is 7.49. The van der Waals surface area contributed by atoms with Crippen LogP contribution in [0.3, 0.4) is 0 Å². The molecule has 3 aromatic heterocycles. The lowest BCUT2D eigenvalue weighted by molar-refractivity contribution is 0.590. The second-order valence-electron chi connectivity index (χ2n) is 21.1. The van der Waals surface area contributed by atoms with Crippen LogP contribution in [0.15, 0.2) is 219 Å². The fourth-order valence-corrected chi connectivity index (χ4v) is 11.4. The normalized spacial score (nSPS) is 13.2. The van der Waals surface area contributed by atoms with Gasteiger partial charge in [0, 0.05) is 68.0 Å². The van der Waals surface area contributed by atoms with E-state index in [2.05, 4.69) is 284 Å². The van der Waals surface area contributed by atoms with Gasteiger partial charge in [-0.25, -0.2) is 0 Å². The minimum absolute atomic E-state index is 0.0306. The Labute approximate surface area is 411 Å². The molecule has 6 heteroatoms.